The number of hydrogen-bond donors (Lipinski definition) is 2. The molecule has 6 heteroatoms. The number of nitriles is 1. The van der Waals surface area contributed by atoms with Crippen molar-refractivity contribution in [1.29, 1.82) is 5.26 Å². The first-order valence-corrected chi connectivity index (χ1v) is 12.2. The topological polar surface area (TPSA) is 103 Å². The minimum absolute atomic E-state index is 0.0522. The minimum atomic E-state index is -0.852. The SMILES string of the molecule is CC1(C)C[C@](C)(CC(=O)Nc2cc(C#N)ccc2CCCC(=O)O)c2cc(-c3cccnc3)ccc21. The van der Waals surface area contributed by atoms with Crippen LogP contribution in [0.5, 0.6) is 0 Å². The van der Waals surface area contributed by atoms with Crippen molar-refractivity contribution < 1.29 is 14.7 Å². The van der Waals surface area contributed by atoms with Gasteiger partial charge in [0.25, 0.3) is 0 Å². The third-order valence-electron chi connectivity index (χ3n) is 7.13. The van der Waals surface area contributed by atoms with E-state index in [4.69, 9.17) is 5.11 Å². The van der Waals surface area contributed by atoms with Gasteiger partial charge in [0.1, 0.15) is 0 Å². The number of hydrogen-bond acceptors (Lipinski definition) is 4. The summed E-state index contributed by atoms with van der Waals surface area (Å²) in [4.78, 5) is 28.6. The van der Waals surface area contributed by atoms with Crippen LogP contribution in [0, 0.1) is 11.3 Å². The lowest BCUT2D eigenvalue weighted by molar-refractivity contribution is -0.137. The van der Waals surface area contributed by atoms with E-state index >= 15 is 0 Å². The van der Waals surface area contributed by atoms with Crippen LogP contribution in [-0.2, 0) is 26.8 Å². The number of carboxylic acid groups (broad SMARTS) is 1. The molecule has 4 rings (SSSR count). The predicted octanol–water partition coefficient (Wildman–Crippen LogP) is 6.00. The Kier molecular flexibility index (Phi) is 6.94. The van der Waals surface area contributed by atoms with Gasteiger partial charge in [0.05, 0.1) is 11.6 Å². The number of rotatable bonds is 8. The third-order valence-corrected chi connectivity index (χ3v) is 7.13. The molecule has 1 aliphatic carbocycles. The van der Waals surface area contributed by atoms with Gasteiger partial charge in [0.15, 0.2) is 0 Å². The van der Waals surface area contributed by atoms with Gasteiger partial charge in [0.2, 0.25) is 5.91 Å². The summed E-state index contributed by atoms with van der Waals surface area (Å²) in [7, 11) is 0. The second-order valence-corrected chi connectivity index (χ2v) is 10.6. The summed E-state index contributed by atoms with van der Waals surface area (Å²) in [5, 5.41) is 21.4. The molecule has 2 N–H and O–H groups in total. The number of nitrogens with zero attached hydrogens (tertiary/aromatic N) is 2. The Morgan fingerprint density at radius 1 is 1.08 bits per heavy atom. The predicted molar refractivity (Wildman–Crippen MR) is 140 cm³/mol. The number of nitrogens with one attached hydrogen (secondary N) is 1. The number of aryl methyl sites for hydroxylation is 1. The number of amides is 1. The molecule has 2 aromatic carbocycles. The minimum Gasteiger partial charge on any atom is -0.481 e. The van der Waals surface area contributed by atoms with Gasteiger partial charge in [-0.05, 0) is 70.7 Å². The van der Waals surface area contributed by atoms with Crippen molar-refractivity contribution in [3.8, 4) is 17.2 Å². The van der Waals surface area contributed by atoms with E-state index in [9.17, 15) is 14.9 Å². The van der Waals surface area contributed by atoms with E-state index in [1.54, 1.807) is 24.4 Å². The zero-order valence-electron chi connectivity index (χ0n) is 21.0. The van der Waals surface area contributed by atoms with Crippen LogP contribution in [-0.4, -0.2) is 22.0 Å². The van der Waals surface area contributed by atoms with E-state index in [2.05, 4.69) is 55.3 Å². The van der Waals surface area contributed by atoms with Gasteiger partial charge in [0, 0.05) is 36.3 Å². The van der Waals surface area contributed by atoms with Gasteiger partial charge in [-0.25, -0.2) is 0 Å². The monoisotopic (exact) mass is 481 g/mol. The number of aliphatic carboxylic acids is 1. The molecular weight excluding hydrogens is 450 g/mol. The lowest BCUT2D eigenvalue weighted by Crippen LogP contribution is -2.28. The average molecular weight is 482 g/mol. The Hall–Kier alpha value is -3.98. The Labute approximate surface area is 212 Å². The van der Waals surface area contributed by atoms with Gasteiger partial charge < -0.3 is 10.4 Å². The number of benzene rings is 2. The fraction of sp³-hybridized carbons (Fsp3) is 0.333. The Morgan fingerprint density at radius 2 is 1.89 bits per heavy atom. The molecule has 0 aliphatic heterocycles. The van der Waals surface area contributed by atoms with Gasteiger partial charge in [-0.2, -0.15) is 5.26 Å². The summed E-state index contributed by atoms with van der Waals surface area (Å²) in [5.74, 6) is -0.974. The molecule has 0 radical (unpaired) electrons. The molecule has 184 valence electrons. The first-order valence-electron chi connectivity index (χ1n) is 12.2. The highest BCUT2D eigenvalue weighted by Crippen LogP contribution is 2.52. The molecular formula is C30H31N3O3. The molecule has 36 heavy (non-hydrogen) atoms. The van der Waals surface area contributed by atoms with Crippen LogP contribution in [0.25, 0.3) is 11.1 Å². The van der Waals surface area contributed by atoms with Crippen LogP contribution in [0.4, 0.5) is 5.69 Å². The second kappa shape index (κ2) is 9.94. The molecule has 1 heterocycles. The van der Waals surface area contributed by atoms with Crippen LogP contribution in [0.2, 0.25) is 0 Å². The normalized spacial score (nSPS) is 17.7. The van der Waals surface area contributed by atoms with Crippen molar-refractivity contribution >= 4 is 17.6 Å². The van der Waals surface area contributed by atoms with Crippen molar-refractivity contribution in [1.82, 2.24) is 4.98 Å². The molecule has 0 spiro atoms. The van der Waals surface area contributed by atoms with Crippen LogP contribution in [0.15, 0.2) is 60.9 Å². The summed E-state index contributed by atoms with van der Waals surface area (Å²) in [5.41, 5.74) is 5.98. The van der Waals surface area contributed by atoms with Gasteiger partial charge in [-0.1, -0.05) is 51.1 Å². The van der Waals surface area contributed by atoms with Crippen molar-refractivity contribution in [2.45, 2.75) is 63.7 Å². The van der Waals surface area contributed by atoms with Gasteiger partial charge in [-0.15, -0.1) is 0 Å². The van der Waals surface area contributed by atoms with E-state index in [1.807, 2.05) is 18.3 Å². The number of fused-ring (bicyclic) bond motifs is 1. The van der Waals surface area contributed by atoms with Crippen LogP contribution >= 0.6 is 0 Å². The number of pyridine rings is 1. The van der Waals surface area contributed by atoms with E-state index in [1.165, 1.54) is 11.1 Å². The lowest BCUT2D eigenvalue weighted by Gasteiger charge is -2.27. The molecule has 0 unspecified atom stereocenters. The second-order valence-electron chi connectivity index (χ2n) is 10.6. The molecule has 1 aliphatic rings. The number of carboxylic acids is 1. The molecule has 0 saturated carbocycles. The standard InChI is InChI=1S/C30H31N3O3/c1-29(2)19-30(3,25-15-22(11-12-24(25)29)23-7-5-13-32-18-23)16-27(34)33-26-14-20(17-31)9-10-21(26)6-4-8-28(35)36/h5,7,9-15,18H,4,6,8,16,19H2,1-3H3,(H,33,34)(H,35,36)/t30-/m0/s1. The van der Waals surface area contributed by atoms with Gasteiger partial charge in [-0.3, -0.25) is 14.6 Å². The summed E-state index contributed by atoms with van der Waals surface area (Å²) in [6, 6.07) is 17.7. The molecule has 6 nitrogen and oxygen atoms in total. The largest absolute Gasteiger partial charge is 0.481 e. The smallest absolute Gasteiger partial charge is 0.303 e. The molecule has 1 aromatic heterocycles. The van der Waals surface area contributed by atoms with E-state index < -0.39 is 5.97 Å². The summed E-state index contributed by atoms with van der Waals surface area (Å²) >= 11 is 0. The van der Waals surface area contributed by atoms with E-state index in [0.717, 1.165) is 23.1 Å². The number of anilines is 1. The molecule has 0 fully saturated rings. The Morgan fingerprint density at radius 3 is 2.58 bits per heavy atom. The molecule has 0 saturated heterocycles. The van der Waals surface area contributed by atoms with Crippen LogP contribution in [0.3, 0.4) is 0 Å². The highest BCUT2D eigenvalue weighted by atomic mass is 16.4. The average Bonchev–Trinajstić information content (AvgIpc) is 3.04. The van der Waals surface area contributed by atoms with E-state index in [-0.39, 0.29) is 23.2 Å². The fourth-order valence-corrected chi connectivity index (χ4v) is 5.63. The molecule has 1 amide bonds. The number of carbonyl (C=O) groups excluding carboxylic acids is 1. The third kappa shape index (κ3) is 5.31. The molecule has 0 bridgehead atoms. The number of aromatic nitrogens is 1. The Bertz CT molecular complexity index is 1340. The van der Waals surface area contributed by atoms with Gasteiger partial charge >= 0.3 is 5.97 Å². The summed E-state index contributed by atoms with van der Waals surface area (Å²) in [6.07, 6.45) is 5.76. The van der Waals surface area contributed by atoms with Crippen molar-refractivity contribution in [2.75, 3.05) is 5.32 Å². The van der Waals surface area contributed by atoms with Crippen molar-refractivity contribution in [3.05, 3.63) is 83.2 Å². The highest BCUT2D eigenvalue weighted by Gasteiger charge is 2.45. The lowest BCUT2D eigenvalue weighted by atomic mass is 9.77. The zero-order valence-corrected chi connectivity index (χ0v) is 21.0. The first kappa shape index (κ1) is 25.1. The van der Waals surface area contributed by atoms with Crippen LogP contribution in [0.1, 0.15) is 68.7 Å². The Balaban J connectivity index is 1.60. The quantitative estimate of drug-likeness (QED) is 0.411. The van der Waals surface area contributed by atoms with E-state index in [0.29, 0.717) is 30.5 Å². The fourth-order valence-electron chi connectivity index (χ4n) is 5.63. The molecule has 3 aromatic rings. The van der Waals surface area contributed by atoms with Crippen LogP contribution < -0.4 is 5.32 Å². The summed E-state index contributed by atoms with van der Waals surface area (Å²) in [6.45, 7) is 6.58. The highest BCUT2D eigenvalue weighted by molar-refractivity contribution is 5.93. The maximum Gasteiger partial charge on any atom is 0.303 e. The summed E-state index contributed by atoms with van der Waals surface area (Å²) < 4.78 is 0. The first-order chi connectivity index (χ1) is 17.1. The maximum atomic E-state index is 13.4. The maximum absolute atomic E-state index is 13.4. The van der Waals surface area contributed by atoms with Crippen molar-refractivity contribution in [2.24, 2.45) is 0 Å². The van der Waals surface area contributed by atoms with Crippen molar-refractivity contribution in [3.63, 3.8) is 0 Å². The molecule has 1 atom stereocenters. The zero-order chi connectivity index (χ0) is 25.9. The number of carbonyl (C=O) groups is 2.